The molecule has 0 saturated carbocycles. The molecule has 0 bridgehead atoms. The van der Waals surface area contributed by atoms with E-state index in [2.05, 4.69) is 0 Å². The van der Waals surface area contributed by atoms with Crippen molar-refractivity contribution in [2.24, 2.45) is 0 Å². The maximum absolute atomic E-state index is 11.2. The van der Waals surface area contributed by atoms with E-state index in [1.807, 2.05) is 0 Å². The van der Waals surface area contributed by atoms with Gasteiger partial charge in [0.15, 0.2) is 17.7 Å². The Morgan fingerprint density at radius 1 is 1.64 bits per heavy atom. The second kappa shape index (κ2) is 3.94. The van der Waals surface area contributed by atoms with Crippen LogP contribution < -0.4 is 0 Å². The zero-order valence-corrected chi connectivity index (χ0v) is 8.56. The summed E-state index contributed by atoms with van der Waals surface area (Å²) < 4.78 is 10.1. The van der Waals surface area contributed by atoms with E-state index in [9.17, 15) is 15.0 Å². The average Bonchev–Trinajstić information content (AvgIpc) is 2.12. The van der Waals surface area contributed by atoms with Crippen LogP contribution in [-0.2, 0) is 14.3 Å². The Labute approximate surface area is 82.6 Å². The Morgan fingerprint density at radius 2 is 2.21 bits per heavy atom. The summed E-state index contributed by atoms with van der Waals surface area (Å²) in [7, 11) is 1.45. The number of hydrogen-bond acceptors (Lipinski definition) is 5. The lowest BCUT2D eigenvalue weighted by Crippen LogP contribution is -2.62. The molecule has 5 heteroatoms. The van der Waals surface area contributed by atoms with E-state index in [4.69, 9.17) is 9.47 Å². The van der Waals surface area contributed by atoms with Crippen molar-refractivity contribution in [2.75, 3.05) is 7.11 Å². The van der Waals surface area contributed by atoms with Gasteiger partial charge in [0.25, 0.3) is 0 Å². The maximum Gasteiger partial charge on any atom is 0.174 e. The molecule has 82 valence electrons. The second-order valence-corrected chi connectivity index (χ2v) is 3.58. The molecule has 4 atom stereocenters. The van der Waals surface area contributed by atoms with Gasteiger partial charge in [0.05, 0.1) is 12.2 Å². The first kappa shape index (κ1) is 11.6. The molecule has 1 fully saturated rings. The quantitative estimate of drug-likeness (QED) is 0.631. The van der Waals surface area contributed by atoms with E-state index < -0.39 is 29.9 Å². The van der Waals surface area contributed by atoms with Crippen LogP contribution in [0.3, 0.4) is 0 Å². The minimum Gasteiger partial charge on any atom is -0.389 e. The van der Waals surface area contributed by atoms with Gasteiger partial charge in [-0.15, -0.1) is 0 Å². The Hall–Kier alpha value is -0.490. The number of ether oxygens (including phenoxy) is 2. The molecule has 1 aliphatic heterocycles. The molecule has 0 unspecified atom stereocenters. The molecule has 1 aliphatic rings. The molecular formula is C9H16O5. The van der Waals surface area contributed by atoms with E-state index in [0.29, 0.717) is 0 Å². The van der Waals surface area contributed by atoms with Gasteiger partial charge in [0.2, 0.25) is 0 Å². The number of carbonyl (C=O) groups is 1. The highest BCUT2D eigenvalue weighted by atomic mass is 16.7. The highest BCUT2D eigenvalue weighted by molar-refractivity contribution is 5.86. The Morgan fingerprint density at radius 3 is 2.57 bits per heavy atom. The van der Waals surface area contributed by atoms with Crippen molar-refractivity contribution in [1.29, 1.82) is 0 Å². The van der Waals surface area contributed by atoms with Crippen LogP contribution in [0.1, 0.15) is 20.3 Å². The first-order valence-electron chi connectivity index (χ1n) is 4.52. The number of aliphatic hydroxyl groups excluding tert-OH is 1. The van der Waals surface area contributed by atoms with E-state index in [-0.39, 0.29) is 6.42 Å². The Kier molecular flexibility index (Phi) is 3.26. The molecule has 1 rings (SSSR count). The van der Waals surface area contributed by atoms with Crippen LogP contribution in [0.4, 0.5) is 0 Å². The van der Waals surface area contributed by atoms with Crippen molar-refractivity contribution in [3.8, 4) is 0 Å². The summed E-state index contributed by atoms with van der Waals surface area (Å²) >= 11 is 0. The fourth-order valence-electron chi connectivity index (χ4n) is 1.69. The second-order valence-electron chi connectivity index (χ2n) is 3.58. The van der Waals surface area contributed by atoms with Crippen LogP contribution in [0.25, 0.3) is 0 Å². The van der Waals surface area contributed by atoms with E-state index in [1.54, 1.807) is 0 Å². The standard InChI is InChI=1S/C9H16O5/c1-5(10)9(12)6(2)14-8(13-3)4-7(9)11/h6-8,11-12H,4H2,1-3H3/t6-,7+,8-,9+/m0/s1. The molecule has 0 aliphatic carbocycles. The number of Topliss-reactive ketones (excluding diaryl/α,β-unsaturated/α-hetero) is 1. The van der Waals surface area contributed by atoms with Crippen molar-refractivity contribution in [2.45, 2.75) is 44.4 Å². The number of carbonyl (C=O) groups excluding carboxylic acids is 1. The van der Waals surface area contributed by atoms with E-state index in [0.717, 1.165) is 0 Å². The summed E-state index contributed by atoms with van der Waals surface area (Å²) in [5, 5.41) is 19.6. The molecule has 2 N–H and O–H groups in total. The molecular weight excluding hydrogens is 188 g/mol. The first-order valence-corrected chi connectivity index (χ1v) is 4.52. The molecule has 0 amide bonds. The molecule has 0 radical (unpaired) electrons. The van der Waals surface area contributed by atoms with Crippen LogP contribution in [0.5, 0.6) is 0 Å². The summed E-state index contributed by atoms with van der Waals surface area (Å²) in [5.41, 5.74) is -1.81. The van der Waals surface area contributed by atoms with Gasteiger partial charge in [-0.25, -0.2) is 0 Å². The van der Waals surface area contributed by atoms with E-state index >= 15 is 0 Å². The third-order valence-electron chi connectivity index (χ3n) is 2.73. The van der Waals surface area contributed by atoms with Gasteiger partial charge in [-0.3, -0.25) is 4.79 Å². The van der Waals surface area contributed by atoms with Gasteiger partial charge in [-0.05, 0) is 13.8 Å². The van der Waals surface area contributed by atoms with E-state index in [1.165, 1.54) is 21.0 Å². The van der Waals surface area contributed by atoms with Gasteiger partial charge >= 0.3 is 0 Å². The molecule has 0 aromatic rings. The number of ketones is 1. The minimum absolute atomic E-state index is 0.0942. The maximum atomic E-state index is 11.2. The van der Waals surface area contributed by atoms with Gasteiger partial charge in [0, 0.05) is 13.5 Å². The predicted octanol–water partition coefficient (Wildman–Crippen LogP) is -0.551. The van der Waals surface area contributed by atoms with Gasteiger partial charge in [0.1, 0.15) is 0 Å². The normalized spacial score (nSPS) is 43.6. The zero-order chi connectivity index (χ0) is 10.9. The Balaban J connectivity index is 2.84. The number of methoxy groups -OCH3 is 1. The summed E-state index contributed by atoms with van der Waals surface area (Å²) in [6, 6.07) is 0. The van der Waals surface area contributed by atoms with Crippen LogP contribution in [-0.4, -0.2) is 47.2 Å². The molecule has 5 nitrogen and oxygen atoms in total. The van der Waals surface area contributed by atoms with Crippen molar-refractivity contribution >= 4 is 5.78 Å². The third kappa shape index (κ3) is 1.68. The van der Waals surface area contributed by atoms with Crippen LogP contribution in [0, 0.1) is 0 Å². The molecule has 0 aromatic heterocycles. The molecule has 0 spiro atoms. The number of hydrogen-bond donors (Lipinski definition) is 2. The monoisotopic (exact) mass is 204 g/mol. The first-order chi connectivity index (χ1) is 6.42. The van der Waals surface area contributed by atoms with Gasteiger partial charge in [-0.1, -0.05) is 0 Å². The predicted molar refractivity (Wildman–Crippen MR) is 47.6 cm³/mol. The lowest BCUT2D eigenvalue weighted by molar-refractivity contribution is -0.266. The van der Waals surface area contributed by atoms with Crippen molar-refractivity contribution < 1.29 is 24.5 Å². The number of aliphatic hydroxyl groups is 2. The fraction of sp³-hybridized carbons (Fsp3) is 0.889. The summed E-state index contributed by atoms with van der Waals surface area (Å²) in [4.78, 5) is 11.2. The Bertz CT molecular complexity index is 215. The molecule has 1 heterocycles. The topological polar surface area (TPSA) is 76.0 Å². The minimum atomic E-state index is -1.81. The van der Waals surface area contributed by atoms with Crippen molar-refractivity contribution in [1.82, 2.24) is 0 Å². The zero-order valence-electron chi connectivity index (χ0n) is 8.56. The fourth-order valence-corrected chi connectivity index (χ4v) is 1.69. The third-order valence-corrected chi connectivity index (χ3v) is 2.73. The highest BCUT2D eigenvalue weighted by Gasteiger charge is 2.51. The highest BCUT2D eigenvalue weighted by Crippen LogP contribution is 2.30. The summed E-state index contributed by atoms with van der Waals surface area (Å²) in [6.07, 6.45) is -2.39. The lowest BCUT2D eigenvalue weighted by atomic mass is 9.83. The SMILES string of the molecule is CO[C@@H]1C[C@@H](O)[C@@](O)(C(C)=O)[C@H](C)O1. The largest absolute Gasteiger partial charge is 0.389 e. The molecule has 0 aromatic carbocycles. The summed E-state index contributed by atoms with van der Waals surface area (Å²) in [5.74, 6) is -0.493. The average molecular weight is 204 g/mol. The van der Waals surface area contributed by atoms with Gasteiger partial charge in [-0.2, -0.15) is 0 Å². The summed E-state index contributed by atoms with van der Waals surface area (Å²) in [6.45, 7) is 2.77. The van der Waals surface area contributed by atoms with Gasteiger partial charge < -0.3 is 19.7 Å². The van der Waals surface area contributed by atoms with Crippen molar-refractivity contribution in [3.63, 3.8) is 0 Å². The molecule has 1 saturated heterocycles. The van der Waals surface area contributed by atoms with Crippen molar-refractivity contribution in [3.05, 3.63) is 0 Å². The van der Waals surface area contributed by atoms with Crippen LogP contribution in [0.2, 0.25) is 0 Å². The van der Waals surface area contributed by atoms with Crippen LogP contribution in [0.15, 0.2) is 0 Å². The number of rotatable bonds is 2. The molecule has 14 heavy (non-hydrogen) atoms. The smallest absolute Gasteiger partial charge is 0.174 e. The lowest BCUT2D eigenvalue weighted by Gasteiger charge is -2.42. The van der Waals surface area contributed by atoms with Crippen LogP contribution >= 0.6 is 0 Å².